The van der Waals surface area contributed by atoms with Crippen molar-refractivity contribution in [3.8, 4) is 5.75 Å². The lowest BCUT2D eigenvalue weighted by Crippen LogP contribution is -2.50. The van der Waals surface area contributed by atoms with Crippen LogP contribution in [-0.2, 0) is 4.74 Å². The van der Waals surface area contributed by atoms with Crippen LogP contribution in [0.1, 0.15) is 35.2 Å². The number of likely N-dealkylation sites (tertiary alicyclic amines) is 1. The van der Waals surface area contributed by atoms with Gasteiger partial charge in [-0.3, -0.25) is 9.78 Å². The second-order valence-electron chi connectivity index (χ2n) is 7.27. The molecule has 0 aliphatic carbocycles. The number of aryl methyl sites for hydroxylation is 1. The van der Waals surface area contributed by atoms with E-state index in [4.69, 9.17) is 9.47 Å². The molecule has 2 aliphatic heterocycles. The first-order valence-corrected chi connectivity index (χ1v) is 9.21. The molecule has 5 heteroatoms. The molecule has 3 heterocycles. The van der Waals surface area contributed by atoms with Crippen molar-refractivity contribution >= 4 is 5.91 Å². The van der Waals surface area contributed by atoms with Crippen molar-refractivity contribution < 1.29 is 14.3 Å². The number of carbonyl (C=O) groups is 1. The van der Waals surface area contributed by atoms with E-state index in [2.05, 4.69) is 4.98 Å². The zero-order chi connectivity index (χ0) is 18.0. The van der Waals surface area contributed by atoms with Crippen LogP contribution in [0.25, 0.3) is 0 Å². The second kappa shape index (κ2) is 7.08. The highest BCUT2D eigenvalue weighted by atomic mass is 16.6. The highest BCUT2D eigenvalue weighted by molar-refractivity contribution is 5.95. The minimum Gasteiger partial charge on any atom is -0.486 e. The number of nitrogens with zero attached hydrogens (tertiary/aromatic N) is 2. The van der Waals surface area contributed by atoms with Crippen molar-refractivity contribution in [2.24, 2.45) is 0 Å². The van der Waals surface area contributed by atoms with E-state index >= 15 is 0 Å². The number of rotatable bonds is 3. The molecule has 1 amide bonds. The molecule has 2 aliphatic rings. The van der Waals surface area contributed by atoms with Crippen LogP contribution in [0.15, 0.2) is 48.8 Å². The Kier molecular flexibility index (Phi) is 4.64. The topological polar surface area (TPSA) is 51.7 Å². The predicted molar refractivity (Wildman–Crippen MR) is 98.3 cm³/mol. The van der Waals surface area contributed by atoms with Crippen molar-refractivity contribution in [2.45, 2.75) is 37.9 Å². The van der Waals surface area contributed by atoms with Gasteiger partial charge in [-0.1, -0.05) is 18.2 Å². The molecular formula is C21H24N2O3. The van der Waals surface area contributed by atoms with Crippen LogP contribution in [0.3, 0.4) is 0 Å². The van der Waals surface area contributed by atoms with Gasteiger partial charge in [0.25, 0.3) is 5.91 Å². The van der Waals surface area contributed by atoms with Crippen LogP contribution in [0, 0.1) is 6.92 Å². The lowest BCUT2D eigenvalue weighted by Gasteiger charge is -2.39. The van der Waals surface area contributed by atoms with Crippen molar-refractivity contribution in [1.29, 1.82) is 0 Å². The summed E-state index contributed by atoms with van der Waals surface area (Å²) in [5.74, 6) is 0.865. The van der Waals surface area contributed by atoms with Gasteiger partial charge < -0.3 is 14.4 Å². The molecule has 0 N–H and O–H groups in total. The molecule has 2 fully saturated rings. The van der Waals surface area contributed by atoms with Crippen LogP contribution >= 0.6 is 0 Å². The van der Waals surface area contributed by atoms with Crippen LogP contribution in [0.4, 0.5) is 0 Å². The van der Waals surface area contributed by atoms with Gasteiger partial charge in [0.05, 0.1) is 24.9 Å². The number of hydrogen-bond donors (Lipinski definition) is 0. The fourth-order valence-corrected chi connectivity index (χ4v) is 4.03. The van der Waals surface area contributed by atoms with E-state index in [0.717, 1.165) is 42.7 Å². The van der Waals surface area contributed by atoms with Crippen LogP contribution in [0.2, 0.25) is 0 Å². The van der Waals surface area contributed by atoms with E-state index in [1.54, 1.807) is 12.4 Å². The summed E-state index contributed by atoms with van der Waals surface area (Å²) < 4.78 is 12.2. The van der Waals surface area contributed by atoms with Gasteiger partial charge in [-0.2, -0.15) is 0 Å². The predicted octanol–water partition coefficient (Wildman–Crippen LogP) is 3.23. The summed E-state index contributed by atoms with van der Waals surface area (Å²) >= 11 is 0. The van der Waals surface area contributed by atoms with Crippen LogP contribution in [-0.4, -0.2) is 47.2 Å². The van der Waals surface area contributed by atoms with Gasteiger partial charge in [-0.25, -0.2) is 0 Å². The Bertz CT molecular complexity index is 780. The van der Waals surface area contributed by atoms with E-state index in [1.807, 2.05) is 48.2 Å². The van der Waals surface area contributed by atoms with E-state index in [9.17, 15) is 4.79 Å². The van der Waals surface area contributed by atoms with Crippen molar-refractivity contribution in [3.63, 3.8) is 0 Å². The van der Waals surface area contributed by atoms with Gasteiger partial charge in [-0.05, 0) is 43.5 Å². The zero-order valence-electron chi connectivity index (χ0n) is 15.1. The molecule has 0 radical (unpaired) electrons. The normalized spacial score (nSPS) is 25.4. The monoisotopic (exact) mass is 352 g/mol. The third-order valence-electron chi connectivity index (χ3n) is 5.31. The molecule has 1 aromatic carbocycles. The number of benzene rings is 1. The Balaban J connectivity index is 1.44. The summed E-state index contributed by atoms with van der Waals surface area (Å²) in [6.45, 7) is 3.96. The molecule has 26 heavy (non-hydrogen) atoms. The van der Waals surface area contributed by atoms with Gasteiger partial charge in [0.2, 0.25) is 0 Å². The van der Waals surface area contributed by atoms with Crippen molar-refractivity contribution in [2.75, 3.05) is 19.7 Å². The lowest BCUT2D eigenvalue weighted by molar-refractivity contribution is -0.0453. The Morgan fingerprint density at radius 1 is 1.31 bits per heavy atom. The van der Waals surface area contributed by atoms with Gasteiger partial charge in [0.1, 0.15) is 11.9 Å². The lowest BCUT2D eigenvalue weighted by atomic mass is 9.88. The highest BCUT2D eigenvalue weighted by Crippen LogP contribution is 2.36. The van der Waals surface area contributed by atoms with Gasteiger partial charge >= 0.3 is 0 Å². The number of pyridine rings is 1. The first-order valence-electron chi connectivity index (χ1n) is 9.21. The van der Waals surface area contributed by atoms with E-state index in [-0.39, 0.29) is 17.6 Å². The Hall–Kier alpha value is -2.40. The third-order valence-corrected chi connectivity index (χ3v) is 5.31. The SMILES string of the molecule is Cc1ccccc1C(=O)N1CCC[C@@]2(C[C@H](Oc3cccnc3)CO2)C1. The molecule has 2 atom stereocenters. The Labute approximate surface area is 153 Å². The molecular weight excluding hydrogens is 328 g/mol. The maximum atomic E-state index is 13.0. The van der Waals surface area contributed by atoms with Crippen LogP contribution in [0.5, 0.6) is 5.75 Å². The summed E-state index contributed by atoms with van der Waals surface area (Å²) in [6, 6.07) is 11.5. The summed E-state index contributed by atoms with van der Waals surface area (Å²) in [5, 5.41) is 0. The summed E-state index contributed by atoms with van der Waals surface area (Å²) in [5.41, 5.74) is 1.51. The molecule has 0 bridgehead atoms. The number of piperidine rings is 1. The molecule has 0 unspecified atom stereocenters. The summed E-state index contributed by atoms with van der Waals surface area (Å²) in [6.07, 6.45) is 6.19. The number of carbonyl (C=O) groups excluding carboxylic acids is 1. The minimum atomic E-state index is -0.288. The van der Waals surface area contributed by atoms with Gasteiger partial charge in [0, 0.05) is 24.7 Å². The van der Waals surface area contributed by atoms with Gasteiger partial charge in [0.15, 0.2) is 0 Å². The largest absolute Gasteiger partial charge is 0.486 e. The van der Waals surface area contributed by atoms with E-state index < -0.39 is 0 Å². The fraction of sp³-hybridized carbons (Fsp3) is 0.429. The first-order chi connectivity index (χ1) is 12.7. The van der Waals surface area contributed by atoms with Crippen molar-refractivity contribution in [1.82, 2.24) is 9.88 Å². The molecule has 1 spiro atoms. The molecule has 2 aromatic rings. The minimum absolute atomic E-state index is 0.00714. The van der Waals surface area contributed by atoms with Crippen LogP contribution < -0.4 is 4.74 Å². The molecule has 5 nitrogen and oxygen atoms in total. The maximum absolute atomic E-state index is 13.0. The quantitative estimate of drug-likeness (QED) is 0.851. The molecule has 1 aromatic heterocycles. The first kappa shape index (κ1) is 17.0. The standard InChI is InChI=1S/C21H24N2O3/c1-16-6-2-3-8-19(16)20(24)23-11-5-9-21(15-23)12-18(14-25-21)26-17-7-4-10-22-13-17/h2-4,6-8,10,13,18H,5,9,11-12,14-15H2,1H3/t18-,21+/m0/s1. The molecule has 4 rings (SSSR count). The number of hydrogen-bond acceptors (Lipinski definition) is 4. The Morgan fingerprint density at radius 3 is 3.00 bits per heavy atom. The van der Waals surface area contributed by atoms with E-state index in [1.165, 1.54) is 0 Å². The summed E-state index contributed by atoms with van der Waals surface area (Å²) in [4.78, 5) is 19.0. The smallest absolute Gasteiger partial charge is 0.254 e. The fourth-order valence-electron chi connectivity index (χ4n) is 4.03. The molecule has 0 saturated carbocycles. The molecule has 2 saturated heterocycles. The average molecular weight is 352 g/mol. The van der Waals surface area contributed by atoms with E-state index in [0.29, 0.717) is 13.2 Å². The number of amides is 1. The third kappa shape index (κ3) is 3.44. The highest BCUT2D eigenvalue weighted by Gasteiger charge is 2.45. The second-order valence-corrected chi connectivity index (χ2v) is 7.27. The molecule has 136 valence electrons. The average Bonchev–Trinajstić information content (AvgIpc) is 3.04. The summed E-state index contributed by atoms with van der Waals surface area (Å²) in [7, 11) is 0. The number of ether oxygens (including phenoxy) is 2. The van der Waals surface area contributed by atoms with Gasteiger partial charge in [-0.15, -0.1) is 0 Å². The van der Waals surface area contributed by atoms with Crippen molar-refractivity contribution in [3.05, 3.63) is 59.9 Å². The Morgan fingerprint density at radius 2 is 2.19 bits per heavy atom. The maximum Gasteiger partial charge on any atom is 0.254 e. The zero-order valence-corrected chi connectivity index (χ0v) is 15.1. The number of aromatic nitrogens is 1.